The first kappa shape index (κ1) is 25.0. The van der Waals surface area contributed by atoms with Gasteiger partial charge in [-0.3, -0.25) is 4.79 Å². The zero-order valence-electron chi connectivity index (χ0n) is 19.7. The molecule has 1 saturated heterocycles. The highest BCUT2D eigenvalue weighted by molar-refractivity contribution is 5.87. The van der Waals surface area contributed by atoms with E-state index in [2.05, 4.69) is 31.2 Å². The molecule has 3 rings (SSSR count). The molecule has 3 atom stereocenters. The van der Waals surface area contributed by atoms with E-state index in [1.165, 1.54) is 5.56 Å². The van der Waals surface area contributed by atoms with Crippen LogP contribution in [0.5, 0.6) is 0 Å². The van der Waals surface area contributed by atoms with Crippen molar-refractivity contribution in [3.05, 3.63) is 71.3 Å². The van der Waals surface area contributed by atoms with E-state index in [1.54, 1.807) is 12.1 Å². The molecule has 1 heterocycles. The van der Waals surface area contributed by atoms with Gasteiger partial charge in [-0.25, -0.2) is 4.79 Å². The normalized spacial score (nSPS) is 17.8. The second-order valence-corrected chi connectivity index (χ2v) is 9.39. The lowest BCUT2D eigenvalue weighted by Crippen LogP contribution is -2.35. The summed E-state index contributed by atoms with van der Waals surface area (Å²) >= 11 is 0. The largest absolute Gasteiger partial charge is 0.478 e. The second kappa shape index (κ2) is 12.5. The maximum Gasteiger partial charge on any atom is 0.335 e. The van der Waals surface area contributed by atoms with Crippen molar-refractivity contribution in [2.75, 3.05) is 6.54 Å². The third-order valence-corrected chi connectivity index (χ3v) is 6.97. The van der Waals surface area contributed by atoms with E-state index in [4.69, 9.17) is 5.11 Å². The van der Waals surface area contributed by atoms with E-state index in [9.17, 15) is 14.7 Å². The fourth-order valence-electron chi connectivity index (χ4n) is 4.74. The monoisotopic (exact) mass is 451 g/mol. The van der Waals surface area contributed by atoms with Gasteiger partial charge >= 0.3 is 5.97 Å². The molecular formula is C28H37NO4. The van der Waals surface area contributed by atoms with Crippen molar-refractivity contribution in [2.45, 2.75) is 76.9 Å². The van der Waals surface area contributed by atoms with E-state index in [-0.39, 0.29) is 29.5 Å². The van der Waals surface area contributed by atoms with Crippen LogP contribution in [0, 0.1) is 5.92 Å². The Morgan fingerprint density at radius 3 is 2.39 bits per heavy atom. The van der Waals surface area contributed by atoms with Gasteiger partial charge in [-0.15, -0.1) is 0 Å². The first-order valence-corrected chi connectivity index (χ1v) is 12.3. The Bertz CT molecular complexity index is 881. The number of aryl methyl sites for hydroxylation is 1. The molecule has 0 radical (unpaired) electrons. The fourth-order valence-corrected chi connectivity index (χ4v) is 4.74. The van der Waals surface area contributed by atoms with E-state index in [0.717, 1.165) is 50.5 Å². The number of benzene rings is 2. The fraction of sp³-hybridized carbons (Fsp3) is 0.500. The quantitative estimate of drug-likeness (QED) is 0.415. The molecule has 0 aromatic heterocycles. The number of aliphatic hydroxyl groups is 1. The molecule has 5 nitrogen and oxygen atoms in total. The summed E-state index contributed by atoms with van der Waals surface area (Å²) in [4.78, 5) is 25.4. The van der Waals surface area contributed by atoms with Crippen LogP contribution in [-0.4, -0.2) is 45.7 Å². The van der Waals surface area contributed by atoms with Crippen LogP contribution in [-0.2, 0) is 17.6 Å². The van der Waals surface area contributed by atoms with Crippen LogP contribution < -0.4 is 0 Å². The van der Waals surface area contributed by atoms with E-state index >= 15 is 0 Å². The summed E-state index contributed by atoms with van der Waals surface area (Å²) in [6, 6.07) is 17.6. The molecule has 0 saturated carbocycles. The Kier molecular flexibility index (Phi) is 9.49. The number of carbonyl (C=O) groups excluding carboxylic acids is 1. The molecule has 5 heteroatoms. The molecule has 1 amide bonds. The maximum absolute atomic E-state index is 12.4. The topological polar surface area (TPSA) is 77.8 Å². The average molecular weight is 452 g/mol. The standard InChI is InChI=1S/C28H37NO4/c1-21(7-5-6-10-22-8-3-2-4-9-22)26(30)17-15-25-16-18-27(31)29(25)20-19-23-11-13-24(14-12-23)28(32)33/h2-4,8-9,11-14,21,25-26,30H,5-7,10,15-20H2,1H3,(H,32,33)/t21-,25?,26+/m0/s1. The van der Waals surface area contributed by atoms with Crippen molar-refractivity contribution in [2.24, 2.45) is 5.92 Å². The van der Waals surface area contributed by atoms with Gasteiger partial charge in [-0.05, 0) is 74.1 Å². The van der Waals surface area contributed by atoms with Gasteiger partial charge in [-0.1, -0.05) is 55.8 Å². The van der Waals surface area contributed by atoms with Gasteiger partial charge in [0.1, 0.15) is 0 Å². The summed E-state index contributed by atoms with van der Waals surface area (Å²) in [5, 5.41) is 19.7. The first-order valence-electron chi connectivity index (χ1n) is 12.3. The van der Waals surface area contributed by atoms with Crippen molar-refractivity contribution in [1.82, 2.24) is 4.90 Å². The lowest BCUT2D eigenvalue weighted by molar-refractivity contribution is -0.129. The summed E-state index contributed by atoms with van der Waals surface area (Å²) in [6.07, 6.45) is 7.73. The van der Waals surface area contributed by atoms with Crippen molar-refractivity contribution in [3.63, 3.8) is 0 Å². The Balaban J connectivity index is 1.38. The van der Waals surface area contributed by atoms with Crippen molar-refractivity contribution in [3.8, 4) is 0 Å². The van der Waals surface area contributed by atoms with Crippen molar-refractivity contribution in [1.29, 1.82) is 0 Å². The van der Waals surface area contributed by atoms with Gasteiger partial charge in [-0.2, -0.15) is 0 Å². The van der Waals surface area contributed by atoms with Crippen LogP contribution in [0.3, 0.4) is 0 Å². The van der Waals surface area contributed by atoms with Crippen LogP contribution in [0.25, 0.3) is 0 Å². The number of nitrogens with zero attached hydrogens (tertiary/aromatic N) is 1. The summed E-state index contributed by atoms with van der Waals surface area (Å²) in [5.41, 5.74) is 2.68. The molecule has 1 aliphatic rings. The van der Waals surface area contributed by atoms with Crippen LogP contribution >= 0.6 is 0 Å². The summed E-state index contributed by atoms with van der Waals surface area (Å²) in [5.74, 6) is -0.481. The van der Waals surface area contributed by atoms with Gasteiger partial charge in [0.15, 0.2) is 0 Å². The Labute approximate surface area is 197 Å². The highest BCUT2D eigenvalue weighted by Gasteiger charge is 2.31. The summed E-state index contributed by atoms with van der Waals surface area (Å²) < 4.78 is 0. The Hall–Kier alpha value is -2.66. The van der Waals surface area contributed by atoms with Crippen LogP contribution in [0.2, 0.25) is 0 Å². The van der Waals surface area contributed by atoms with Gasteiger partial charge in [0.05, 0.1) is 11.7 Å². The third-order valence-electron chi connectivity index (χ3n) is 6.97. The molecular weight excluding hydrogens is 414 g/mol. The molecule has 0 aliphatic carbocycles. The van der Waals surface area contributed by atoms with Crippen LogP contribution in [0.1, 0.15) is 73.4 Å². The molecule has 0 bridgehead atoms. The zero-order valence-corrected chi connectivity index (χ0v) is 19.7. The van der Waals surface area contributed by atoms with Crippen LogP contribution in [0.15, 0.2) is 54.6 Å². The second-order valence-electron chi connectivity index (χ2n) is 9.39. The highest BCUT2D eigenvalue weighted by atomic mass is 16.4. The Morgan fingerprint density at radius 1 is 1.00 bits per heavy atom. The lowest BCUT2D eigenvalue weighted by atomic mass is 9.92. The van der Waals surface area contributed by atoms with Gasteiger partial charge in [0.2, 0.25) is 5.91 Å². The van der Waals surface area contributed by atoms with Crippen molar-refractivity contribution < 1.29 is 19.8 Å². The molecule has 1 unspecified atom stereocenters. The maximum atomic E-state index is 12.4. The van der Waals surface area contributed by atoms with Gasteiger partial charge < -0.3 is 15.1 Å². The third kappa shape index (κ3) is 7.71. The highest BCUT2D eigenvalue weighted by Crippen LogP contribution is 2.26. The first-order chi connectivity index (χ1) is 15.9. The number of carbonyl (C=O) groups is 2. The van der Waals surface area contributed by atoms with Crippen LogP contribution in [0.4, 0.5) is 0 Å². The lowest BCUT2D eigenvalue weighted by Gasteiger charge is -2.27. The number of likely N-dealkylation sites (tertiary alicyclic amines) is 1. The number of hydrogen-bond donors (Lipinski definition) is 2. The molecule has 2 aromatic rings. The number of aromatic carboxylic acids is 1. The molecule has 178 valence electrons. The predicted octanol–water partition coefficient (Wildman–Crippen LogP) is 5.11. The molecule has 1 fully saturated rings. The number of rotatable bonds is 13. The smallest absolute Gasteiger partial charge is 0.335 e. The molecule has 0 spiro atoms. The number of hydrogen-bond acceptors (Lipinski definition) is 3. The average Bonchev–Trinajstić information content (AvgIpc) is 3.18. The molecule has 33 heavy (non-hydrogen) atoms. The van der Waals surface area contributed by atoms with E-state index in [1.807, 2.05) is 23.1 Å². The minimum Gasteiger partial charge on any atom is -0.478 e. The molecule has 2 aromatic carbocycles. The molecule has 1 aliphatic heterocycles. The molecule has 2 N–H and O–H groups in total. The minimum absolute atomic E-state index is 0.186. The van der Waals surface area contributed by atoms with Crippen molar-refractivity contribution >= 4 is 11.9 Å². The van der Waals surface area contributed by atoms with Gasteiger partial charge in [0.25, 0.3) is 0 Å². The number of carboxylic acids is 1. The minimum atomic E-state index is -0.930. The predicted molar refractivity (Wildman–Crippen MR) is 130 cm³/mol. The number of carboxylic acid groups (broad SMARTS) is 1. The Morgan fingerprint density at radius 2 is 1.70 bits per heavy atom. The van der Waals surface area contributed by atoms with E-state index < -0.39 is 5.97 Å². The number of amides is 1. The number of unbranched alkanes of at least 4 members (excludes halogenated alkanes) is 1. The van der Waals surface area contributed by atoms with E-state index in [0.29, 0.717) is 19.4 Å². The number of aliphatic hydroxyl groups excluding tert-OH is 1. The summed E-state index contributed by atoms with van der Waals surface area (Å²) in [6.45, 7) is 2.77. The SMILES string of the molecule is C[C@@H](CCCCc1ccccc1)[C@H](O)CCC1CCC(=O)N1CCc1ccc(C(=O)O)cc1. The summed E-state index contributed by atoms with van der Waals surface area (Å²) in [7, 11) is 0. The zero-order chi connectivity index (χ0) is 23.6. The van der Waals surface area contributed by atoms with Gasteiger partial charge in [0, 0.05) is 19.0 Å².